The summed E-state index contributed by atoms with van der Waals surface area (Å²) in [7, 11) is 0. The predicted molar refractivity (Wildman–Crippen MR) is 204 cm³/mol. The summed E-state index contributed by atoms with van der Waals surface area (Å²) < 4.78 is 25.5. The summed E-state index contributed by atoms with van der Waals surface area (Å²) in [6.45, 7) is 0. The first-order chi connectivity index (χ1) is 24.8. The van der Waals surface area contributed by atoms with E-state index in [-0.39, 0.29) is 0 Å². The number of fused-ring (bicyclic) bond motifs is 13. The summed E-state index contributed by atoms with van der Waals surface area (Å²) >= 11 is 0. The van der Waals surface area contributed by atoms with Crippen molar-refractivity contribution in [3.05, 3.63) is 146 Å². The van der Waals surface area contributed by atoms with E-state index in [9.17, 15) is 0 Å². The molecule has 4 heterocycles. The van der Waals surface area contributed by atoms with Gasteiger partial charge < -0.3 is 17.7 Å². The molecule has 0 saturated heterocycles. The molecule has 12 rings (SSSR count). The van der Waals surface area contributed by atoms with E-state index < -0.39 is 0 Å². The van der Waals surface area contributed by atoms with Crippen LogP contribution in [0.1, 0.15) is 0 Å². The van der Waals surface area contributed by atoms with Gasteiger partial charge in [0, 0.05) is 32.3 Å². The molecule has 0 atom stereocenters. The third-order valence-corrected chi connectivity index (χ3v) is 10.5. The summed E-state index contributed by atoms with van der Waals surface area (Å²) in [5, 5.41) is 12.1. The molecule has 0 amide bonds. The highest BCUT2D eigenvalue weighted by molar-refractivity contribution is 6.31. The fraction of sp³-hybridized carbons (Fsp3) is 0. The molecule has 232 valence electrons. The topological polar surface area (TPSA) is 52.6 Å². The largest absolute Gasteiger partial charge is 0.464 e. The Labute approximate surface area is 283 Å². The van der Waals surface area contributed by atoms with Crippen LogP contribution in [0.25, 0.3) is 121 Å². The zero-order valence-electron chi connectivity index (χ0n) is 26.5. The summed E-state index contributed by atoms with van der Waals surface area (Å²) in [6, 6.07) is 49.0. The van der Waals surface area contributed by atoms with Crippen molar-refractivity contribution in [1.29, 1.82) is 0 Å². The van der Waals surface area contributed by atoms with Crippen LogP contribution >= 0.6 is 0 Å². The van der Waals surface area contributed by atoms with Crippen LogP contribution < -0.4 is 0 Å². The van der Waals surface area contributed by atoms with Gasteiger partial charge >= 0.3 is 0 Å². The van der Waals surface area contributed by atoms with Gasteiger partial charge in [0.2, 0.25) is 0 Å². The fourth-order valence-electron chi connectivity index (χ4n) is 8.41. The lowest BCUT2D eigenvalue weighted by Crippen LogP contribution is -1.91. The lowest BCUT2D eigenvalue weighted by Gasteiger charge is -2.18. The minimum absolute atomic E-state index is 0.812. The normalized spacial score (nSPS) is 12.4. The average Bonchev–Trinajstić information content (AvgIpc) is 3.94. The molecule has 4 nitrogen and oxygen atoms in total. The van der Waals surface area contributed by atoms with Crippen LogP contribution in [0.5, 0.6) is 0 Å². The van der Waals surface area contributed by atoms with Crippen molar-refractivity contribution < 1.29 is 17.7 Å². The fourth-order valence-corrected chi connectivity index (χ4v) is 8.41. The Morgan fingerprint density at radius 3 is 1.68 bits per heavy atom. The summed E-state index contributed by atoms with van der Waals surface area (Å²) in [5.74, 6) is 0. The summed E-state index contributed by atoms with van der Waals surface area (Å²) in [6.07, 6.45) is 1.72. The van der Waals surface area contributed by atoms with E-state index in [1.165, 1.54) is 16.3 Å². The molecule has 0 N–H and O–H groups in total. The van der Waals surface area contributed by atoms with E-state index in [0.717, 1.165) is 104 Å². The number of benzene rings is 8. The van der Waals surface area contributed by atoms with Gasteiger partial charge in [-0.2, -0.15) is 0 Å². The second-order valence-electron chi connectivity index (χ2n) is 13.2. The van der Waals surface area contributed by atoms with E-state index in [0.29, 0.717) is 0 Å². The summed E-state index contributed by atoms with van der Waals surface area (Å²) in [5.41, 5.74) is 10.5. The molecule has 0 saturated carbocycles. The lowest BCUT2D eigenvalue weighted by atomic mass is 9.84. The number of para-hydroxylation sites is 2. The van der Waals surface area contributed by atoms with E-state index in [4.69, 9.17) is 17.7 Å². The zero-order chi connectivity index (χ0) is 32.5. The Hall–Kier alpha value is -6.78. The van der Waals surface area contributed by atoms with Crippen LogP contribution in [0.4, 0.5) is 0 Å². The second kappa shape index (κ2) is 9.43. The highest BCUT2D eigenvalue weighted by Gasteiger charge is 2.24. The van der Waals surface area contributed by atoms with E-state index in [1.807, 2.05) is 24.3 Å². The van der Waals surface area contributed by atoms with Crippen molar-refractivity contribution in [2.45, 2.75) is 0 Å². The SMILES string of the molecule is c1ccc2c(c1)oc1c2c(-c2c3ccccc3c(-c3ccc4c(c3)oc3cc5ccoc5cc34)c3ccccc23)cc2oc3ccccc3c21. The molecule has 0 aliphatic carbocycles. The highest BCUT2D eigenvalue weighted by atomic mass is 16.3. The first-order valence-electron chi connectivity index (χ1n) is 16.8. The molecule has 0 spiro atoms. The standard InChI is InChI=1S/C46H24O4/c1-3-11-30-28(9-1)42(26-17-18-27-34-23-38-25(19-20-47-38)21-40(34)49-39(27)22-26)29-10-2-4-12-31(29)43(30)35-24-41-45(33-14-6-7-15-36(33)48-41)46-44(35)32-13-5-8-16-37(32)50-46/h1-24H. The lowest BCUT2D eigenvalue weighted by molar-refractivity contribution is 0.616. The van der Waals surface area contributed by atoms with Gasteiger partial charge in [-0.3, -0.25) is 0 Å². The van der Waals surface area contributed by atoms with Gasteiger partial charge in [0.05, 0.1) is 11.6 Å². The summed E-state index contributed by atoms with van der Waals surface area (Å²) in [4.78, 5) is 0. The van der Waals surface area contributed by atoms with Crippen LogP contribution in [-0.2, 0) is 0 Å². The van der Waals surface area contributed by atoms with Gasteiger partial charge in [-0.05, 0) is 92.3 Å². The van der Waals surface area contributed by atoms with E-state index >= 15 is 0 Å². The Kier molecular flexibility index (Phi) is 4.94. The van der Waals surface area contributed by atoms with Crippen molar-refractivity contribution >= 4 is 98.3 Å². The number of rotatable bonds is 2. The first-order valence-corrected chi connectivity index (χ1v) is 16.8. The van der Waals surface area contributed by atoms with Crippen molar-refractivity contribution in [3.63, 3.8) is 0 Å². The van der Waals surface area contributed by atoms with Crippen LogP contribution in [-0.4, -0.2) is 0 Å². The zero-order valence-corrected chi connectivity index (χ0v) is 26.5. The molecule has 4 heteroatoms. The molecule has 50 heavy (non-hydrogen) atoms. The molecule has 8 aromatic carbocycles. The van der Waals surface area contributed by atoms with Crippen molar-refractivity contribution in [1.82, 2.24) is 0 Å². The first kappa shape index (κ1) is 26.2. The molecule has 0 aliphatic heterocycles. The predicted octanol–water partition coefficient (Wildman–Crippen LogP) is 13.8. The molecular weight excluding hydrogens is 617 g/mol. The third-order valence-electron chi connectivity index (χ3n) is 10.5. The molecular formula is C46H24O4. The number of furan rings is 4. The van der Waals surface area contributed by atoms with E-state index in [2.05, 4.69) is 115 Å². The quantitative estimate of drug-likeness (QED) is 0.176. The van der Waals surface area contributed by atoms with E-state index in [1.54, 1.807) is 6.26 Å². The molecule has 0 radical (unpaired) electrons. The van der Waals surface area contributed by atoms with Gasteiger partial charge in [-0.15, -0.1) is 0 Å². The minimum Gasteiger partial charge on any atom is -0.464 e. The van der Waals surface area contributed by atoms with Gasteiger partial charge in [0.25, 0.3) is 0 Å². The van der Waals surface area contributed by atoms with Crippen molar-refractivity contribution in [3.8, 4) is 22.3 Å². The maximum atomic E-state index is 6.72. The van der Waals surface area contributed by atoms with Gasteiger partial charge in [-0.25, -0.2) is 0 Å². The average molecular weight is 641 g/mol. The number of hydrogen-bond acceptors (Lipinski definition) is 4. The molecule has 0 fully saturated rings. The maximum Gasteiger partial charge on any atom is 0.147 e. The molecule has 12 aromatic rings. The minimum atomic E-state index is 0.812. The van der Waals surface area contributed by atoms with Crippen molar-refractivity contribution in [2.24, 2.45) is 0 Å². The van der Waals surface area contributed by atoms with Crippen molar-refractivity contribution in [2.75, 3.05) is 0 Å². The Morgan fingerprint density at radius 1 is 0.340 bits per heavy atom. The molecule has 0 aliphatic rings. The van der Waals surface area contributed by atoms with Gasteiger partial charge in [0.15, 0.2) is 0 Å². The molecule has 0 bridgehead atoms. The second-order valence-corrected chi connectivity index (χ2v) is 13.2. The van der Waals surface area contributed by atoms with Crippen LogP contribution in [0.3, 0.4) is 0 Å². The molecule has 0 unspecified atom stereocenters. The monoisotopic (exact) mass is 640 g/mol. The highest BCUT2D eigenvalue weighted by Crippen LogP contribution is 2.50. The smallest absolute Gasteiger partial charge is 0.147 e. The Balaban J connectivity index is 1.21. The maximum absolute atomic E-state index is 6.72. The Morgan fingerprint density at radius 2 is 0.940 bits per heavy atom. The molecule has 4 aromatic heterocycles. The Bertz CT molecular complexity index is 3330. The van der Waals surface area contributed by atoms with Gasteiger partial charge in [-0.1, -0.05) is 91.0 Å². The third kappa shape index (κ3) is 3.39. The van der Waals surface area contributed by atoms with Gasteiger partial charge in [0.1, 0.15) is 39.1 Å². The van der Waals surface area contributed by atoms with Crippen LogP contribution in [0.2, 0.25) is 0 Å². The van der Waals surface area contributed by atoms with Crippen LogP contribution in [0, 0.1) is 0 Å². The van der Waals surface area contributed by atoms with Crippen LogP contribution in [0.15, 0.2) is 163 Å². The number of hydrogen-bond donors (Lipinski definition) is 0.